The number of fused-ring (bicyclic) bond motifs is 1. The van der Waals surface area contributed by atoms with Crippen molar-refractivity contribution in [3.05, 3.63) is 107 Å². The molecule has 4 atom stereocenters. The molecule has 3 aromatic carbocycles. The molecule has 2 aromatic heterocycles. The van der Waals surface area contributed by atoms with Gasteiger partial charge in [-0.3, -0.25) is 24.4 Å². The molecule has 5 aromatic rings. The first-order chi connectivity index (χ1) is 28.7. The first-order valence-electron chi connectivity index (χ1n) is 20.6. The monoisotopic (exact) mass is 836 g/mol. The largest absolute Gasteiger partial charge is 0.494 e. The van der Waals surface area contributed by atoms with E-state index < -0.39 is 29.5 Å². The highest BCUT2D eigenvalue weighted by Gasteiger charge is 2.44. The molecule has 3 heterocycles. The normalized spacial score (nSPS) is 16.4. The van der Waals surface area contributed by atoms with Gasteiger partial charge in [-0.05, 0) is 84.5 Å². The average molecular weight is 837 g/mol. The minimum absolute atomic E-state index is 0.0177. The number of carbonyl (C=O) groups excluding carboxylic acids is 4. The molecular weight excluding hydrogens is 781 g/mol. The Bertz CT molecular complexity index is 2260. The topological polar surface area (TPSA) is 175 Å². The highest BCUT2D eigenvalue weighted by Crippen LogP contribution is 2.30. The van der Waals surface area contributed by atoms with E-state index in [0.717, 1.165) is 63.2 Å². The average Bonchev–Trinajstić information content (AvgIpc) is 3.97. The van der Waals surface area contributed by atoms with Crippen LogP contribution in [0.2, 0.25) is 0 Å². The number of rotatable bonds is 17. The smallest absolute Gasteiger partial charge is 0.274 e. The molecule has 14 heteroatoms. The van der Waals surface area contributed by atoms with Crippen LogP contribution in [-0.4, -0.2) is 79.7 Å². The summed E-state index contributed by atoms with van der Waals surface area (Å²) in [7, 11) is 0. The number of thiazole rings is 1. The molecule has 13 nitrogen and oxygen atoms in total. The van der Waals surface area contributed by atoms with E-state index in [1.54, 1.807) is 28.9 Å². The summed E-state index contributed by atoms with van der Waals surface area (Å²) in [6.45, 7) is 10.7. The summed E-state index contributed by atoms with van der Waals surface area (Å²) in [6, 6.07) is 21.1. The molecule has 5 N–H and O–H groups in total. The zero-order valence-corrected chi connectivity index (χ0v) is 35.8. The maximum atomic E-state index is 14.0. The van der Waals surface area contributed by atoms with Crippen molar-refractivity contribution in [1.82, 2.24) is 30.6 Å². The molecule has 0 aliphatic carbocycles. The lowest BCUT2D eigenvalue weighted by Crippen LogP contribution is -2.57. The molecule has 0 saturated carbocycles. The summed E-state index contributed by atoms with van der Waals surface area (Å²) in [6.07, 6.45) is 4.68. The molecule has 1 aliphatic rings. The molecule has 0 radical (unpaired) electrons. The van der Waals surface area contributed by atoms with Gasteiger partial charge in [0.15, 0.2) is 0 Å². The van der Waals surface area contributed by atoms with E-state index in [1.165, 1.54) is 4.90 Å². The van der Waals surface area contributed by atoms with Gasteiger partial charge < -0.3 is 29.9 Å². The van der Waals surface area contributed by atoms with Crippen LogP contribution >= 0.6 is 11.3 Å². The van der Waals surface area contributed by atoms with Crippen molar-refractivity contribution >= 4 is 45.9 Å². The van der Waals surface area contributed by atoms with Gasteiger partial charge in [-0.15, -0.1) is 11.3 Å². The van der Waals surface area contributed by atoms with Gasteiger partial charge in [-0.25, -0.2) is 10.5 Å². The third kappa shape index (κ3) is 11.0. The lowest BCUT2D eigenvalue weighted by atomic mass is 9.85. The van der Waals surface area contributed by atoms with Crippen LogP contribution in [0.1, 0.15) is 99.4 Å². The lowest BCUT2D eigenvalue weighted by Gasteiger charge is -2.35. The second-order valence-electron chi connectivity index (χ2n) is 16.7. The number of aliphatic hydroxyl groups is 1. The first-order valence-corrected chi connectivity index (χ1v) is 21.4. The fourth-order valence-electron chi connectivity index (χ4n) is 7.60. The van der Waals surface area contributed by atoms with Crippen molar-refractivity contribution in [1.29, 1.82) is 0 Å². The number of benzene rings is 3. The van der Waals surface area contributed by atoms with Crippen molar-refractivity contribution < 1.29 is 34.2 Å². The van der Waals surface area contributed by atoms with Crippen molar-refractivity contribution in [2.45, 2.75) is 104 Å². The summed E-state index contributed by atoms with van der Waals surface area (Å²) in [4.78, 5) is 59.6. The predicted molar refractivity (Wildman–Crippen MR) is 232 cm³/mol. The molecule has 1 aliphatic heterocycles. The number of aromatic nitrogens is 2. The van der Waals surface area contributed by atoms with Gasteiger partial charge in [-0.1, -0.05) is 76.1 Å². The molecule has 60 heavy (non-hydrogen) atoms. The SMILES string of the molecule is Cc1ncsc1-c1ccc([C@H](C)NC(=O)[C@@H]2C[C@@H](O)CN2C(=O)[C@@H](NC(=O)CCCCCCOc2ccc(Cn3ccc4ccc(C(=O)NO)cc43)cc2)C(C)(C)C)cc1. The number of nitrogens with zero attached hydrogens (tertiary/aromatic N) is 3. The summed E-state index contributed by atoms with van der Waals surface area (Å²) in [5.41, 5.74) is 8.14. The van der Waals surface area contributed by atoms with E-state index >= 15 is 0 Å². The Labute approximate surface area is 355 Å². The van der Waals surface area contributed by atoms with E-state index in [9.17, 15) is 24.3 Å². The van der Waals surface area contributed by atoms with Crippen molar-refractivity contribution in [3.63, 3.8) is 0 Å². The van der Waals surface area contributed by atoms with E-state index in [-0.39, 0.29) is 43.1 Å². The Morgan fingerprint density at radius 2 is 1.68 bits per heavy atom. The Balaban J connectivity index is 0.922. The van der Waals surface area contributed by atoms with E-state index in [4.69, 9.17) is 9.94 Å². The zero-order valence-electron chi connectivity index (χ0n) is 34.9. The Morgan fingerprint density at radius 1 is 0.950 bits per heavy atom. The second-order valence-corrected chi connectivity index (χ2v) is 17.6. The highest BCUT2D eigenvalue weighted by atomic mass is 32.1. The number of hydrogen-bond acceptors (Lipinski definition) is 9. The van der Waals surface area contributed by atoms with Gasteiger partial charge in [0.25, 0.3) is 5.91 Å². The summed E-state index contributed by atoms with van der Waals surface area (Å²) in [5, 5.41) is 26.6. The molecule has 0 spiro atoms. The minimum Gasteiger partial charge on any atom is -0.494 e. The van der Waals surface area contributed by atoms with Crippen LogP contribution in [0.15, 0.2) is 84.5 Å². The number of aliphatic hydroxyl groups excluding tert-OH is 1. The molecule has 318 valence electrons. The van der Waals surface area contributed by atoms with Gasteiger partial charge in [0.2, 0.25) is 17.7 Å². The number of β-amino-alcohol motifs (C(OH)–C–C–N with tert-alkyl or cyclic N) is 1. The number of nitrogens with one attached hydrogen (secondary N) is 3. The molecule has 6 rings (SSSR count). The van der Waals surface area contributed by atoms with Crippen LogP contribution < -0.4 is 20.9 Å². The number of amides is 4. The van der Waals surface area contributed by atoms with Gasteiger partial charge in [-0.2, -0.15) is 0 Å². The van der Waals surface area contributed by atoms with Gasteiger partial charge >= 0.3 is 0 Å². The first kappa shape index (κ1) is 44.0. The van der Waals surface area contributed by atoms with Crippen LogP contribution in [0.3, 0.4) is 0 Å². The van der Waals surface area contributed by atoms with E-state index in [1.807, 2.05) is 112 Å². The molecular formula is C46H56N6O7S. The van der Waals surface area contributed by atoms with E-state index in [2.05, 4.69) is 15.6 Å². The Morgan fingerprint density at radius 3 is 2.37 bits per heavy atom. The standard InChI is InChI=1S/C46H56N6O7S/c1-29(32-13-16-34(17-14-32)41-30(2)47-28-60-41)48-44(56)39-25-36(53)27-52(39)45(57)42(46(3,4)5)49-40(54)10-8-6-7-9-23-59-37-19-11-31(12-20-37)26-51-22-21-33-15-18-35(24-38(33)51)43(55)50-58/h11-22,24,28-29,36,39,42,53,58H,6-10,23,25-27H2,1-5H3,(H,48,56)(H,49,54)(H,50,55)/t29-,36+,39-,42+/m0/s1. The van der Waals surface area contributed by atoms with Crippen molar-refractivity contribution in [3.8, 4) is 16.2 Å². The minimum atomic E-state index is -0.874. The summed E-state index contributed by atoms with van der Waals surface area (Å²) < 4.78 is 8.01. The highest BCUT2D eigenvalue weighted by molar-refractivity contribution is 7.13. The maximum Gasteiger partial charge on any atom is 0.274 e. The lowest BCUT2D eigenvalue weighted by molar-refractivity contribution is -0.144. The quantitative estimate of drug-likeness (QED) is 0.0381. The Hall–Kier alpha value is -5.57. The molecule has 1 saturated heterocycles. The Kier molecular flexibility index (Phi) is 14.4. The summed E-state index contributed by atoms with van der Waals surface area (Å²) >= 11 is 1.58. The van der Waals surface area contributed by atoms with Crippen LogP contribution in [-0.2, 0) is 20.9 Å². The second kappa shape index (κ2) is 19.7. The summed E-state index contributed by atoms with van der Waals surface area (Å²) in [5.74, 6) is -0.737. The number of likely N-dealkylation sites (tertiary alicyclic amines) is 1. The predicted octanol–water partition coefficient (Wildman–Crippen LogP) is 6.94. The maximum absolute atomic E-state index is 14.0. The van der Waals surface area contributed by atoms with Crippen LogP contribution in [0, 0.1) is 12.3 Å². The molecule has 0 unspecified atom stereocenters. The van der Waals surface area contributed by atoms with Gasteiger partial charge in [0.05, 0.1) is 34.8 Å². The number of ether oxygens (including phenoxy) is 1. The number of aryl methyl sites for hydroxylation is 1. The number of hydroxylamine groups is 1. The van der Waals surface area contributed by atoms with Crippen LogP contribution in [0.5, 0.6) is 5.75 Å². The third-order valence-corrected chi connectivity index (χ3v) is 12.0. The van der Waals surface area contributed by atoms with Gasteiger partial charge in [0, 0.05) is 43.2 Å². The number of unbranched alkanes of at least 4 members (excludes halogenated alkanes) is 3. The van der Waals surface area contributed by atoms with E-state index in [0.29, 0.717) is 25.1 Å². The molecule has 4 amide bonds. The van der Waals surface area contributed by atoms with Crippen molar-refractivity contribution in [2.75, 3.05) is 13.2 Å². The van der Waals surface area contributed by atoms with Crippen molar-refractivity contribution in [2.24, 2.45) is 5.41 Å². The molecule has 1 fully saturated rings. The molecule has 0 bridgehead atoms. The fraction of sp³-hybridized carbons (Fsp3) is 0.413. The number of hydrogen-bond donors (Lipinski definition) is 5. The van der Waals surface area contributed by atoms with Crippen LogP contribution in [0.4, 0.5) is 0 Å². The zero-order chi connectivity index (χ0) is 43.0. The third-order valence-electron chi connectivity index (χ3n) is 11.0. The number of carbonyl (C=O) groups is 4. The van der Waals surface area contributed by atoms with Crippen LogP contribution in [0.25, 0.3) is 21.3 Å². The van der Waals surface area contributed by atoms with Gasteiger partial charge in [0.1, 0.15) is 17.8 Å². The fourth-order valence-corrected chi connectivity index (χ4v) is 8.41.